The lowest BCUT2D eigenvalue weighted by Crippen LogP contribution is -2.08. The predicted molar refractivity (Wildman–Crippen MR) is 78.8 cm³/mol. The van der Waals surface area contributed by atoms with E-state index in [0.29, 0.717) is 0 Å². The summed E-state index contributed by atoms with van der Waals surface area (Å²) in [5.74, 6) is 0. The van der Waals surface area contributed by atoms with Crippen LogP contribution in [-0.4, -0.2) is 15.1 Å². The molecule has 2 rings (SSSR count). The number of alkyl halides is 3. The third-order valence-corrected chi connectivity index (χ3v) is 3.00. The molecule has 10 heteroatoms. The summed E-state index contributed by atoms with van der Waals surface area (Å²) >= 11 is 5.22. The molecule has 0 spiro atoms. The van der Waals surface area contributed by atoms with Gasteiger partial charge in [-0.15, -0.1) is 12.4 Å². The number of aromatic nitrogens is 1. The molecule has 0 amide bonds. The summed E-state index contributed by atoms with van der Waals surface area (Å²) in [7, 11) is 0. The first kappa shape index (κ1) is 18.9. The van der Waals surface area contributed by atoms with Crippen molar-refractivity contribution in [3.63, 3.8) is 0 Å². The molecule has 1 aromatic carbocycles. The van der Waals surface area contributed by atoms with Gasteiger partial charge in [-0.3, -0.25) is 19.9 Å². The molecule has 5 nitrogen and oxygen atoms in total. The number of benzene rings is 1. The van der Waals surface area contributed by atoms with Crippen LogP contribution in [0.15, 0.2) is 36.5 Å². The Labute approximate surface area is 138 Å². The number of nitro benzene ring substituents is 1. The summed E-state index contributed by atoms with van der Waals surface area (Å²) in [6, 6.07) is 4.89. The molecule has 0 aliphatic carbocycles. The molecule has 0 bridgehead atoms. The molecule has 0 saturated carbocycles. The van der Waals surface area contributed by atoms with E-state index in [1.807, 2.05) is 0 Å². The van der Waals surface area contributed by atoms with Crippen molar-refractivity contribution in [2.75, 3.05) is 0 Å². The monoisotopic (exact) mass is 366 g/mol. The van der Waals surface area contributed by atoms with Crippen molar-refractivity contribution in [1.82, 2.24) is 4.98 Å². The largest absolute Gasteiger partial charge is 0.418 e. The maximum absolute atomic E-state index is 13.0. The molecule has 0 fully saturated rings. The summed E-state index contributed by atoms with van der Waals surface area (Å²) in [6.07, 6.45) is -3.53. The van der Waals surface area contributed by atoms with Crippen LogP contribution in [0.3, 0.4) is 0 Å². The van der Waals surface area contributed by atoms with E-state index in [9.17, 15) is 28.1 Å². The Bertz CT molecular complexity index is 766. The molecule has 1 heterocycles. The Kier molecular flexibility index (Phi) is 5.68. The Hall–Kier alpha value is -2.19. The first-order valence-electron chi connectivity index (χ1n) is 5.72. The lowest BCUT2D eigenvalue weighted by molar-refractivity contribution is -0.385. The van der Waals surface area contributed by atoms with Gasteiger partial charge in [0, 0.05) is 17.8 Å². The van der Waals surface area contributed by atoms with Gasteiger partial charge in [-0.05, 0) is 29.8 Å². The first-order chi connectivity index (χ1) is 10.2. The van der Waals surface area contributed by atoms with Crippen molar-refractivity contribution >= 4 is 34.9 Å². The summed E-state index contributed by atoms with van der Waals surface area (Å²) in [5, 5.41) is 9.87. The van der Waals surface area contributed by atoms with E-state index in [1.54, 1.807) is 0 Å². The van der Waals surface area contributed by atoms with Crippen LogP contribution in [0.1, 0.15) is 15.9 Å². The zero-order valence-electron chi connectivity index (χ0n) is 11.0. The fourth-order valence-corrected chi connectivity index (χ4v) is 2.02. The first-order valence-corrected chi connectivity index (χ1v) is 6.10. The van der Waals surface area contributed by atoms with Crippen LogP contribution >= 0.6 is 24.0 Å². The normalized spacial score (nSPS) is 10.8. The van der Waals surface area contributed by atoms with E-state index in [4.69, 9.17) is 11.6 Å². The third kappa shape index (κ3) is 3.96. The van der Waals surface area contributed by atoms with Crippen LogP contribution < -0.4 is 0 Å². The number of carbonyl (C=O) groups excluding carboxylic acids is 1. The number of rotatable bonds is 3. The summed E-state index contributed by atoms with van der Waals surface area (Å²) in [4.78, 5) is 24.8. The Morgan fingerprint density at radius 1 is 1.26 bits per heavy atom. The van der Waals surface area contributed by atoms with Gasteiger partial charge in [-0.25, -0.2) is 0 Å². The average molecular weight is 367 g/mol. The zero-order chi connectivity index (χ0) is 16.5. The number of carbonyl (C=O) groups is 1. The molecule has 2 aromatic rings. The van der Waals surface area contributed by atoms with Gasteiger partial charge in [0.05, 0.1) is 16.2 Å². The molecule has 0 radical (unpaired) electrons. The maximum atomic E-state index is 13.0. The highest BCUT2D eigenvalue weighted by Crippen LogP contribution is 2.37. The smallest absolute Gasteiger partial charge is 0.275 e. The minimum absolute atomic E-state index is 0. The highest BCUT2D eigenvalue weighted by molar-refractivity contribution is 6.68. The van der Waals surface area contributed by atoms with E-state index in [0.717, 1.165) is 36.5 Å². The molecule has 0 N–H and O–H groups in total. The van der Waals surface area contributed by atoms with Crippen molar-refractivity contribution in [2.24, 2.45) is 0 Å². The molecule has 0 unspecified atom stereocenters. The van der Waals surface area contributed by atoms with Crippen LogP contribution in [0.25, 0.3) is 11.3 Å². The lowest BCUT2D eigenvalue weighted by atomic mass is 10.0. The van der Waals surface area contributed by atoms with Crippen molar-refractivity contribution in [1.29, 1.82) is 0 Å². The molecule has 0 aliphatic rings. The highest BCUT2D eigenvalue weighted by atomic mass is 35.5. The lowest BCUT2D eigenvalue weighted by Gasteiger charge is -2.11. The average Bonchev–Trinajstić information content (AvgIpc) is 2.45. The van der Waals surface area contributed by atoms with Crippen molar-refractivity contribution in [3.8, 4) is 11.3 Å². The minimum Gasteiger partial charge on any atom is -0.275 e. The number of hydrogen-bond donors (Lipinski definition) is 0. The van der Waals surface area contributed by atoms with E-state index in [2.05, 4.69) is 4.98 Å². The second kappa shape index (κ2) is 6.93. The number of halogens is 5. The van der Waals surface area contributed by atoms with E-state index < -0.39 is 38.9 Å². The van der Waals surface area contributed by atoms with E-state index >= 15 is 0 Å². The topological polar surface area (TPSA) is 73.1 Å². The number of hydrogen-bond acceptors (Lipinski definition) is 4. The molecular formula is C13H7Cl2F3N2O3. The summed E-state index contributed by atoms with van der Waals surface area (Å²) < 4.78 is 38.9. The van der Waals surface area contributed by atoms with Crippen LogP contribution in [0.2, 0.25) is 0 Å². The van der Waals surface area contributed by atoms with Gasteiger partial charge in [-0.1, -0.05) is 6.07 Å². The summed E-state index contributed by atoms with van der Waals surface area (Å²) in [6.45, 7) is 0. The van der Waals surface area contributed by atoms with Crippen molar-refractivity contribution in [3.05, 3.63) is 57.8 Å². The van der Waals surface area contributed by atoms with Gasteiger partial charge in [0.2, 0.25) is 0 Å². The van der Waals surface area contributed by atoms with Gasteiger partial charge in [0.1, 0.15) is 5.56 Å². The Morgan fingerprint density at radius 2 is 1.91 bits per heavy atom. The highest BCUT2D eigenvalue weighted by Gasteiger charge is 2.34. The number of pyridine rings is 1. The molecule has 0 saturated heterocycles. The van der Waals surface area contributed by atoms with Crippen LogP contribution in [0, 0.1) is 10.1 Å². The second-order valence-corrected chi connectivity index (χ2v) is 4.50. The SMILES string of the molecule is Cl.O=C(Cl)c1ccc(-c2ncccc2C(F)(F)F)cc1[N+](=O)[O-]. The predicted octanol–water partition coefficient (Wildman–Crippen LogP) is 4.48. The standard InChI is InChI=1S/C13H6ClF3N2O3.ClH/c14-12(20)8-4-3-7(6-10(8)19(21)22)11-9(13(15,16)17)2-1-5-18-11;/h1-6H;1H. The molecule has 0 aliphatic heterocycles. The fraction of sp³-hybridized carbons (Fsp3) is 0.0769. The second-order valence-electron chi connectivity index (χ2n) is 4.16. The molecule has 122 valence electrons. The van der Waals surface area contributed by atoms with Crippen LogP contribution in [0.4, 0.5) is 18.9 Å². The molecule has 0 atom stereocenters. The Balaban J connectivity index is 0.00000264. The van der Waals surface area contributed by atoms with Gasteiger partial charge >= 0.3 is 6.18 Å². The quantitative estimate of drug-likeness (QED) is 0.456. The van der Waals surface area contributed by atoms with Gasteiger partial charge in [0.15, 0.2) is 0 Å². The maximum Gasteiger partial charge on any atom is 0.418 e. The third-order valence-electron chi connectivity index (χ3n) is 2.79. The number of nitrogens with zero attached hydrogens (tertiary/aromatic N) is 2. The van der Waals surface area contributed by atoms with Crippen LogP contribution in [-0.2, 0) is 6.18 Å². The zero-order valence-corrected chi connectivity index (χ0v) is 12.6. The minimum atomic E-state index is -4.67. The van der Waals surface area contributed by atoms with Gasteiger partial charge < -0.3 is 0 Å². The Morgan fingerprint density at radius 3 is 2.43 bits per heavy atom. The van der Waals surface area contributed by atoms with Crippen molar-refractivity contribution in [2.45, 2.75) is 6.18 Å². The van der Waals surface area contributed by atoms with Crippen LogP contribution in [0.5, 0.6) is 0 Å². The molecule has 1 aromatic heterocycles. The van der Waals surface area contributed by atoms with Crippen molar-refractivity contribution < 1.29 is 22.9 Å². The van der Waals surface area contributed by atoms with E-state index in [1.165, 1.54) is 0 Å². The summed E-state index contributed by atoms with van der Waals surface area (Å²) in [5.41, 5.74) is -2.72. The molecule has 23 heavy (non-hydrogen) atoms. The van der Waals surface area contributed by atoms with Gasteiger partial charge in [-0.2, -0.15) is 13.2 Å². The van der Waals surface area contributed by atoms with Gasteiger partial charge in [0.25, 0.3) is 10.9 Å². The van der Waals surface area contributed by atoms with E-state index in [-0.39, 0.29) is 18.0 Å². The fourth-order valence-electron chi connectivity index (χ4n) is 1.86. The number of nitro groups is 1. The molecular weight excluding hydrogens is 360 g/mol.